The number of rotatable bonds is 5. The zero-order valence-electron chi connectivity index (χ0n) is 11.4. The SMILES string of the molecule is O=C(/C=C\c1ccco1)NNC(=O)CCc1ccccc1. The predicted octanol–water partition coefficient (Wildman–Crippen LogP) is 2.07. The fourth-order valence-electron chi connectivity index (χ4n) is 1.68. The van der Waals surface area contributed by atoms with Gasteiger partial charge in [-0.25, -0.2) is 0 Å². The van der Waals surface area contributed by atoms with Gasteiger partial charge in [0, 0.05) is 12.5 Å². The van der Waals surface area contributed by atoms with Gasteiger partial charge in [-0.3, -0.25) is 20.4 Å². The highest BCUT2D eigenvalue weighted by molar-refractivity contribution is 5.92. The van der Waals surface area contributed by atoms with E-state index in [-0.39, 0.29) is 5.91 Å². The molecule has 108 valence electrons. The molecule has 5 heteroatoms. The summed E-state index contributed by atoms with van der Waals surface area (Å²) in [4.78, 5) is 23.0. The molecule has 1 aromatic carbocycles. The second kappa shape index (κ2) is 7.69. The van der Waals surface area contributed by atoms with Gasteiger partial charge in [-0.2, -0.15) is 0 Å². The third-order valence-corrected chi connectivity index (χ3v) is 2.75. The maximum atomic E-state index is 11.6. The van der Waals surface area contributed by atoms with Crippen molar-refractivity contribution in [3.8, 4) is 0 Å². The van der Waals surface area contributed by atoms with Crippen molar-refractivity contribution in [2.45, 2.75) is 12.8 Å². The Morgan fingerprint density at radius 2 is 1.86 bits per heavy atom. The van der Waals surface area contributed by atoms with E-state index in [1.807, 2.05) is 30.3 Å². The lowest BCUT2D eigenvalue weighted by molar-refractivity contribution is -0.126. The molecule has 0 atom stereocenters. The van der Waals surface area contributed by atoms with Crippen molar-refractivity contribution >= 4 is 17.9 Å². The van der Waals surface area contributed by atoms with Gasteiger partial charge in [0.1, 0.15) is 5.76 Å². The number of furan rings is 1. The molecule has 2 aromatic rings. The Labute approximate surface area is 122 Å². The van der Waals surface area contributed by atoms with Gasteiger partial charge >= 0.3 is 0 Å². The summed E-state index contributed by atoms with van der Waals surface area (Å²) in [6, 6.07) is 13.1. The second-order valence-electron chi connectivity index (χ2n) is 4.37. The monoisotopic (exact) mass is 284 g/mol. The quantitative estimate of drug-likeness (QED) is 0.652. The molecule has 0 fully saturated rings. The minimum Gasteiger partial charge on any atom is -0.465 e. The van der Waals surface area contributed by atoms with Gasteiger partial charge in [0.05, 0.1) is 6.26 Å². The first kappa shape index (κ1) is 14.6. The number of aryl methyl sites for hydroxylation is 1. The lowest BCUT2D eigenvalue weighted by atomic mass is 10.1. The van der Waals surface area contributed by atoms with E-state index in [1.165, 1.54) is 18.4 Å². The summed E-state index contributed by atoms with van der Waals surface area (Å²) in [5.41, 5.74) is 5.76. The van der Waals surface area contributed by atoms with Gasteiger partial charge in [-0.05, 0) is 30.2 Å². The summed E-state index contributed by atoms with van der Waals surface area (Å²) in [6.45, 7) is 0. The molecule has 2 N–H and O–H groups in total. The topological polar surface area (TPSA) is 71.3 Å². The molecule has 0 saturated heterocycles. The number of carbonyl (C=O) groups is 2. The lowest BCUT2D eigenvalue weighted by Crippen LogP contribution is -2.40. The first-order chi connectivity index (χ1) is 10.2. The van der Waals surface area contributed by atoms with Crippen LogP contribution in [-0.4, -0.2) is 11.8 Å². The molecule has 0 aliphatic heterocycles. The van der Waals surface area contributed by atoms with Crippen LogP contribution in [0.5, 0.6) is 0 Å². The van der Waals surface area contributed by atoms with E-state index in [2.05, 4.69) is 10.9 Å². The van der Waals surface area contributed by atoms with Crippen LogP contribution in [0.3, 0.4) is 0 Å². The number of benzene rings is 1. The molecule has 5 nitrogen and oxygen atoms in total. The van der Waals surface area contributed by atoms with Crippen molar-refractivity contribution in [3.63, 3.8) is 0 Å². The Balaban J connectivity index is 1.68. The third-order valence-electron chi connectivity index (χ3n) is 2.75. The molecule has 1 heterocycles. The first-order valence-corrected chi connectivity index (χ1v) is 6.58. The summed E-state index contributed by atoms with van der Waals surface area (Å²) < 4.78 is 5.04. The van der Waals surface area contributed by atoms with E-state index in [1.54, 1.807) is 12.1 Å². The van der Waals surface area contributed by atoms with Gasteiger partial charge in [-0.15, -0.1) is 0 Å². The number of hydrazine groups is 1. The Morgan fingerprint density at radius 3 is 2.57 bits per heavy atom. The first-order valence-electron chi connectivity index (χ1n) is 6.58. The van der Waals surface area contributed by atoms with Crippen molar-refractivity contribution in [3.05, 3.63) is 66.1 Å². The van der Waals surface area contributed by atoms with Crippen LogP contribution in [0.15, 0.2) is 59.2 Å². The summed E-state index contributed by atoms with van der Waals surface area (Å²) in [5.74, 6) is -0.0846. The molecule has 0 bridgehead atoms. The van der Waals surface area contributed by atoms with E-state index in [9.17, 15) is 9.59 Å². The molecule has 2 amide bonds. The zero-order chi connectivity index (χ0) is 14.9. The van der Waals surface area contributed by atoms with E-state index in [0.29, 0.717) is 18.6 Å². The molecule has 0 unspecified atom stereocenters. The summed E-state index contributed by atoms with van der Waals surface area (Å²) >= 11 is 0. The molecule has 21 heavy (non-hydrogen) atoms. The van der Waals surface area contributed by atoms with Crippen LogP contribution in [0.2, 0.25) is 0 Å². The highest BCUT2D eigenvalue weighted by Gasteiger charge is 2.03. The van der Waals surface area contributed by atoms with Gasteiger partial charge < -0.3 is 4.42 Å². The molecule has 0 spiro atoms. The Bertz CT molecular complexity index is 604. The average Bonchev–Trinajstić information content (AvgIpc) is 3.03. The van der Waals surface area contributed by atoms with Crippen LogP contribution in [0.4, 0.5) is 0 Å². The molecular weight excluding hydrogens is 268 g/mol. The zero-order valence-corrected chi connectivity index (χ0v) is 11.4. The number of hydrogen-bond donors (Lipinski definition) is 2. The summed E-state index contributed by atoms with van der Waals surface area (Å²) in [6.07, 6.45) is 5.27. The average molecular weight is 284 g/mol. The van der Waals surface area contributed by atoms with Crippen LogP contribution >= 0.6 is 0 Å². The van der Waals surface area contributed by atoms with E-state index >= 15 is 0 Å². The lowest BCUT2D eigenvalue weighted by Gasteiger charge is -2.05. The minimum absolute atomic E-state index is 0.237. The fourth-order valence-corrected chi connectivity index (χ4v) is 1.68. The number of carbonyl (C=O) groups excluding carboxylic acids is 2. The molecule has 0 saturated carbocycles. The smallest absolute Gasteiger partial charge is 0.262 e. The van der Waals surface area contributed by atoms with Crippen LogP contribution in [0, 0.1) is 0 Å². The maximum absolute atomic E-state index is 11.6. The van der Waals surface area contributed by atoms with Crippen LogP contribution in [0.25, 0.3) is 6.08 Å². The Kier molecular flexibility index (Phi) is 5.34. The fraction of sp³-hybridized carbons (Fsp3) is 0.125. The van der Waals surface area contributed by atoms with Crippen molar-refractivity contribution < 1.29 is 14.0 Å². The van der Waals surface area contributed by atoms with Gasteiger partial charge in [0.2, 0.25) is 5.91 Å². The number of hydrogen-bond acceptors (Lipinski definition) is 3. The van der Waals surface area contributed by atoms with E-state index in [4.69, 9.17) is 4.42 Å². The molecule has 0 aliphatic rings. The molecule has 2 rings (SSSR count). The number of nitrogens with one attached hydrogen (secondary N) is 2. The molecule has 0 radical (unpaired) electrons. The van der Waals surface area contributed by atoms with Crippen LogP contribution in [0.1, 0.15) is 17.7 Å². The summed E-state index contributed by atoms with van der Waals surface area (Å²) in [7, 11) is 0. The molecule has 1 aromatic heterocycles. The largest absolute Gasteiger partial charge is 0.465 e. The standard InChI is InChI=1S/C16H16N2O3/c19-15(10-8-13-5-2-1-3-6-13)17-18-16(20)11-9-14-7-4-12-21-14/h1-7,9,11-12H,8,10H2,(H,17,19)(H,18,20)/b11-9-. The van der Waals surface area contributed by atoms with Gasteiger partial charge in [0.15, 0.2) is 0 Å². The predicted molar refractivity (Wildman–Crippen MR) is 78.8 cm³/mol. The second-order valence-corrected chi connectivity index (χ2v) is 4.37. The van der Waals surface area contributed by atoms with E-state index < -0.39 is 5.91 Å². The summed E-state index contributed by atoms with van der Waals surface area (Å²) in [5, 5.41) is 0. The maximum Gasteiger partial charge on any atom is 0.262 e. The van der Waals surface area contributed by atoms with Crippen molar-refractivity contribution in [1.29, 1.82) is 0 Å². The minimum atomic E-state index is -0.417. The van der Waals surface area contributed by atoms with Gasteiger partial charge in [-0.1, -0.05) is 30.3 Å². The normalized spacial score (nSPS) is 10.5. The number of amides is 2. The highest BCUT2D eigenvalue weighted by Crippen LogP contribution is 2.02. The van der Waals surface area contributed by atoms with Crippen molar-refractivity contribution in [2.24, 2.45) is 0 Å². The van der Waals surface area contributed by atoms with Gasteiger partial charge in [0.25, 0.3) is 5.91 Å². The molecule has 0 aliphatic carbocycles. The van der Waals surface area contributed by atoms with Crippen LogP contribution in [-0.2, 0) is 16.0 Å². The van der Waals surface area contributed by atoms with Crippen molar-refractivity contribution in [1.82, 2.24) is 10.9 Å². The van der Waals surface area contributed by atoms with Crippen LogP contribution < -0.4 is 10.9 Å². The van der Waals surface area contributed by atoms with E-state index in [0.717, 1.165) is 5.56 Å². The molecular formula is C16H16N2O3. The third kappa shape index (κ3) is 5.36. The Morgan fingerprint density at radius 1 is 1.05 bits per heavy atom. The highest BCUT2D eigenvalue weighted by atomic mass is 16.3. The van der Waals surface area contributed by atoms with Crippen molar-refractivity contribution in [2.75, 3.05) is 0 Å². The Hall–Kier alpha value is -2.82.